The average Bonchev–Trinajstić information content (AvgIpc) is 2.82. The lowest BCUT2D eigenvalue weighted by molar-refractivity contribution is -0.149. The molecule has 0 aliphatic heterocycles. The monoisotopic (exact) mass is 209 g/mol. The maximum absolute atomic E-state index is 12.1. The summed E-state index contributed by atoms with van der Waals surface area (Å²) in [5, 5.41) is 0. The van der Waals surface area contributed by atoms with Crippen LogP contribution in [0.3, 0.4) is 0 Å². The van der Waals surface area contributed by atoms with Crippen molar-refractivity contribution >= 4 is 5.78 Å². The van der Waals surface area contributed by atoms with Crippen LogP contribution in [0, 0.1) is 0 Å². The van der Waals surface area contributed by atoms with Crippen LogP contribution in [0.2, 0.25) is 0 Å². The van der Waals surface area contributed by atoms with Crippen LogP contribution in [0.25, 0.3) is 0 Å². The molecule has 5 heteroatoms. The third-order valence-electron chi connectivity index (χ3n) is 2.22. The molecule has 0 N–H and O–H groups in total. The fourth-order valence-corrected chi connectivity index (χ4v) is 1.32. The molecule has 0 saturated heterocycles. The van der Waals surface area contributed by atoms with Gasteiger partial charge in [0.2, 0.25) is 0 Å². The molecular formula is C9H14F3NO. The fraction of sp³-hybridized carbons (Fsp3) is 0.889. The van der Waals surface area contributed by atoms with E-state index in [1.54, 1.807) is 6.92 Å². The van der Waals surface area contributed by atoms with Gasteiger partial charge in [-0.3, -0.25) is 9.69 Å². The molecule has 0 heterocycles. The number of alkyl halides is 3. The summed E-state index contributed by atoms with van der Waals surface area (Å²) >= 11 is 0. The van der Waals surface area contributed by atoms with E-state index in [2.05, 4.69) is 0 Å². The van der Waals surface area contributed by atoms with E-state index < -0.39 is 12.7 Å². The SMILES string of the molecule is CCC(=O)CN(CC(F)(F)F)C1CC1. The van der Waals surface area contributed by atoms with Crippen molar-refractivity contribution in [2.45, 2.75) is 38.4 Å². The Bertz CT molecular complexity index is 211. The average molecular weight is 209 g/mol. The summed E-state index contributed by atoms with van der Waals surface area (Å²) in [6.07, 6.45) is -2.32. The lowest BCUT2D eigenvalue weighted by Crippen LogP contribution is -2.39. The maximum Gasteiger partial charge on any atom is 0.401 e. The number of rotatable bonds is 5. The summed E-state index contributed by atoms with van der Waals surface area (Å²) in [7, 11) is 0. The molecule has 1 aliphatic carbocycles. The Morgan fingerprint density at radius 2 is 2.00 bits per heavy atom. The second kappa shape index (κ2) is 4.29. The van der Waals surface area contributed by atoms with E-state index in [1.165, 1.54) is 4.90 Å². The van der Waals surface area contributed by atoms with Crippen molar-refractivity contribution < 1.29 is 18.0 Å². The maximum atomic E-state index is 12.1. The molecule has 0 bridgehead atoms. The first-order valence-corrected chi connectivity index (χ1v) is 4.75. The first-order valence-electron chi connectivity index (χ1n) is 4.75. The minimum Gasteiger partial charge on any atom is -0.298 e. The Balaban J connectivity index is 2.43. The highest BCUT2D eigenvalue weighted by Gasteiger charge is 2.38. The van der Waals surface area contributed by atoms with Gasteiger partial charge in [-0.1, -0.05) is 6.92 Å². The minimum absolute atomic E-state index is 0.0212. The van der Waals surface area contributed by atoms with Gasteiger partial charge >= 0.3 is 6.18 Å². The van der Waals surface area contributed by atoms with Gasteiger partial charge in [-0.15, -0.1) is 0 Å². The van der Waals surface area contributed by atoms with Gasteiger partial charge in [0.05, 0.1) is 13.1 Å². The Kier molecular flexibility index (Phi) is 3.53. The van der Waals surface area contributed by atoms with Crippen molar-refractivity contribution in [1.82, 2.24) is 4.90 Å². The Morgan fingerprint density at radius 3 is 2.36 bits per heavy atom. The number of carbonyl (C=O) groups excluding carboxylic acids is 1. The second-order valence-electron chi connectivity index (χ2n) is 3.64. The Morgan fingerprint density at radius 1 is 1.43 bits per heavy atom. The first-order chi connectivity index (χ1) is 6.42. The van der Waals surface area contributed by atoms with Crippen LogP contribution < -0.4 is 0 Å². The van der Waals surface area contributed by atoms with Crippen LogP contribution in [-0.4, -0.2) is 36.0 Å². The summed E-state index contributed by atoms with van der Waals surface area (Å²) in [5.41, 5.74) is 0. The molecule has 0 aromatic heterocycles. The molecule has 0 radical (unpaired) electrons. The first kappa shape index (κ1) is 11.5. The Hall–Kier alpha value is -0.580. The summed E-state index contributed by atoms with van der Waals surface area (Å²) < 4.78 is 36.3. The van der Waals surface area contributed by atoms with Crippen LogP contribution in [0.4, 0.5) is 13.2 Å². The number of nitrogens with zero attached hydrogens (tertiary/aromatic N) is 1. The van der Waals surface area contributed by atoms with Gasteiger partial charge in [-0.25, -0.2) is 0 Å². The van der Waals surface area contributed by atoms with E-state index in [1.807, 2.05) is 0 Å². The van der Waals surface area contributed by atoms with Gasteiger partial charge in [0.15, 0.2) is 0 Å². The number of ketones is 1. The lowest BCUT2D eigenvalue weighted by atomic mass is 10.3. The highest BCUT2D eigenvalue weighted by Crippen LogP contribution is 2.29. The Labute approximate surface area is 81.1 Å². The van der Waals surface area contributed by atoms with Crippen LogP contribution >= 0.6 is 0 Å². The van der Waals surface area contributed by atoms with E-state index in [0.29, 0.717) is 6.42 Å². The fourth-order valence-electron chi connectivity index (χ4n) is 1.32. The predicted octanol–water partition coefficient (Wildman–Crippen LogP) is 1.99. The highest BCUT2D eigenvalue weighted by molar-refractivity contribution is 5.80. The number of hydrogen-bond donors (Lipinski definition) is 0. The zero-order valence-electron chi connectivity index (χ0n) is 8.10. The van der Waals surface area contributed by atoms with Crippen molar-refractivity contribution in [3.8, 4) is 0 Å². The van der Waals surface area contributed by atoms with Gasteiger partial charge in [0.25, 0.3) is 0 Å². The third-order valence-corrected chi connectivity index (χ3v) is 2.22. The van der Waals surface area contributed by atoms with Gasteiger partial charge < -0.3 is 0 Å². The number of halogens is 3. The summed E-state index contributed by atoms with van der Waals surface area (Å²) in [6.45, 7) is 0.658. The standard InChI is InChI=1S/C9H14F3NO/c1-2-8(14)5-13(7-3-4-7)6-9(10,11)12/h7H,2-6H2,1H3. The minimum atomic E-state index is -4.20. The number of Topliss-reactive ketones (excluding diaryl/α,β-unsaturated/α-hetero) is 1. The summed E-state index contributed by atoms with van der Waals surface area (Å²) in [4.78, 5) is 12.3. The van der Waals surface area contributed by atoms with Crippen LogP contribution in [-0.2, 0) is 4.79 Å². The molecule has 82 valence electrons. The molecular weight excluding hydrogens is 195 g/mol. The summed E-state index contributed by atoms with van der Waals surface area (Å²) in [6, 6.07) is -0.0212. The normalized spacial score (nSPS) is 17.5. The van der Waals surface area contributed by atoms with Crippen LogP contribution in [0.5, 0.6) is 0 Å². The van der Waals surface area contributed by atoms with E-state index in [9.17, 15) is 18.0 Å². The molecule has 2 nitrogen and oxygen atoms in total. The zero-order valence-corrected chi connectivity index (χ0v) is 8.10. The molecule has 0 aromatic carbocycles. The number of carbonyl (C=O) groups is 1. The van der Waals surface area contributed by atoms with Gasteiger partial charge in [-0.2, -0.15) is 13.2 Å². The summed E-state index contributed by atoms with van der Waals surface area (Å²) in [5.74, 6) is -0.124. The lowest BCUT2D eigenvalue weighted by Gasteiger charge is -2.22. The van der Waals surface area contributed by atoms with E-state index >= 15 is 0 Å². The zero-order chi connectivity index (χ0) is 10.8. The van der Waals surface area contributed by atoms with Crippen molar-refractivity contribution in [3.05, 3.63) is 0 Å². The molecule has 1 fully saturated rings. The quantitative estimate of drug-likeness (QED) is 0.690. The molecule has 0 spiro atoms. The van der Waals surface area contributed by atoms with Gasteiger partial charge in [0, 0.05) is 12.5 Å². The highest BCUT2D eigenvalue weighted by atomic mass is 19.4. The molecule has 0 amide bonds. The number of hydrogen-bond acceptors (Lipinski definition) is 2. The smallest absolute Gasteiger partial charge is 0.298 e. The third kappa shape index (κ3) is 4.09. The largest absolute Gasteiger partial charge is 0.401 e. The topological polar surface area (TPSA) is 20.3 Å². The molecule has 1 aliphatic rings. The van der Waals surface area contributed by atoms with Crippen LogP contribution in [0.1, 0.15) is 26.2 Å². The second-order valence-corrected chi connectivity index (χ2v) is 3.64. The molecule has 14 heavy (non-hydrogen) atoms. The molecule has 0 atom stereocenters. The van der Waals surface area contributed by atoms with Crippen LogP contribution in [0.15, 0.2) is 0 Å². The van der Waals surface area contributed by atoms with Gasteiger partial charge in [0.1, 0.15) is 5.78 Å². The molecule has 1 rings (SSSR count). The van der Waals surface area contributed by atoms with Gasteiger partial charge in [-0.05, 0) is 12.8 Å². The molecule has 0 aromatic rings. The van der Waals surface area contributed by atoms with Crippen molar-refractivity contribution in [1.29, 1.82) is 0 Å². The van der Waals surface area contributed by atoms with Crippen molar-refractivity contribution in [2.75, 3.05) is 13.1 Å². The molecule has 1 saturated carbocycles. The van der Waals surface area contributed by atoms with Crippen molar-refractivity contribution in [3.63, 3.8) is 0 Å². The molecule has 0 unspecified atom stereocenters. The van der Waals surface area contributed by atoms with E-state index in [-0.39, 0.29) is 18.4 Å². The van der Waals surface area contributed by atoms with E-state index in [4.69, 9.17) is 0 Å². The van der Waals surface area contributed by atoms with Crippen molar-refractivity contribution in [2.24, 2.45) is 0 Å². The van der Waals surface area contributed by atoms with E-state index in [0.717, 1.165) is 12.8 Å². The predicted molar refractivity (Wildman–Crippen MR) is 45.9 cm³/mol.